The Hall–Kier alpha value is -1.85. The minimum absolute atomic E-state index is 0.286. The Morgan fingerprint density at radius 3 is 2.27 bits per heavy atom. The van der Waals surface area contributed by atoms with Crippen molar-refractivity contribution in [3.8, 4) is 5.75 Å². The number of benzene rings is 2. The van der Waals surface area contributed by atoms with Crippen LogP contribution in [-0.4, -0.2) is 15.5 Å². The van der Waals surface area contributed by atoms with Crippen LogP contribution >= 0.6 is 0 Å². The fourth-order valence-electron chi connectivity index (χ4n) is 2.38. The van der Waals surface area contributed by atoms with Gasteiger partial charge in [-0.1, -0.05) is 30.3 Å². The molecule has 2 aromatic carbocycles. The molecule has 2 rings (SSSR count). The molecule has 0 aromatic heterocycles. The Bertz CT molecular complexity index is 755. The lowest BCUT2D eigenvalue weighted by Crippen LogP contribution is -2.27. The highest BCUT2D eigenvalue weighted by atomic mass is 32.2. The van der Waals surface area contributed by atoms with Crippen molar-refractivity contribution in [2.75, 3.05) is 7.11 Å². The molecule has 0 radical (unpaired) electrons. The molecule has 0 amide bonds. The van der Waals surface area contributed by atoms with Gasteiger partial charge in [0, 0.05) is 6.04 Å². The number of hydrogen-bond acceptors (Lipinski definition) is 3. The number of aryl methyl sites for hydroxylation is 2. The van der Waals surface area contributed by atoms with Gasteiger partial charge >= 0.3 is 0 Å². The number of nitrogens with one attached hydrogen (secondary N) is 1. The van der Waals surface area contributed by atoms with Crippen molar-refractivity contribution in [1.82, 2.24) is 4.72 Å². The average Bonchev–Trinajstić information content (AvgIpc) is 2.49. The molecular weight excluding hydrogens is 298 g/mol. The first-order valence-electron chi connectivity index (χ1n) is 7.07. The predicted octanol–water partition coefficient (Wildman–Crippen LogP) is 3.35. The zero-order valence-corrected chi connectivity index (χ0v) is 14.1. The fourth-order valence-corrected chi connectivity index (χ4v) is 3.92. The van der Waals surface area contributed by atoms with Gasteiger partial charge < -0.3 is 4.74 Å². The van der Waals surface area contributed by atoms with Gasteiger partial charge in [0.25, 0.3) is 0 Å². The van der Waals surface area contributed by atoms with Crippen molar-refractivity contribution < 1.29 is 13.2 Å². The van der Waals surface area contributed by atoms with Crippen LogP contribution in [0.1, 0.15) is 29.7 Å². The van der Waals surface area contributed by atoms with Gasteiger partial charge in [0.2, 0.25) is 10.0 Å². The lowest BCUT2D eigenvalue weighted by atomic mass is 10.1. The number of ether oxygens (including phenoxy) is 1. The van der Waals surface area contributed by atoms with Crippen LogP contribution in [0.3, 0.4) is 0 Å². The van der Waals surface area contributed by atoms with Gasteiger partial charge in [-0.15, -0.1) is 0 Å². The van der Waals surface area contributed by atoms with E-state index in [-0.39, 0.29) is 10.9 Å². The van der Waals surface area contributed by atoms with Crippen LogP contribution in [-0.2, 0) is 10.0 Å². The van der Waals surface area contributed by atoms with Crippen LogP contribution in [0.25, 0.3) is 0 Å². The van der Waals surface area contributed by atoms with Gasteiger partial charge in [-0.05, 0) is 49.6 Å². The summed E-state index contributed by atoms with van der Waals surface area (Å²) in [7, 11) is -2.02. The van der Waals surface area contributed by atoms with E-state index in [1.165, 1.54) is 0 Å². The van der Waals surface area contributed by atoms with Gasteiger partial charge in [0.1, 0.15) is 5.75 Å². The van der Waals surface area contributed by atoms with E-state index in [0.29, 0.717) is 11.3 Å². The van der Waals surface area contributed by atoms with Gasteiger partial charge in [0.15, 0.2) is 0 Å². The second-order valence-corrected chi connectivity index (χ2v) is 7.02. The summed E-state index contributed by atoms with van der Waals surface area (Å²) in [6.07, 6.45) is 0. The zero-order valence-electron chi connectivity index (χ0n) is 13.3. The summed E-state index contributed by atoms with van der Waals surface area (Å²) in [5, 5.41) is 0. The summed E-state index contributed by atoms with van der Waals surface area (Å²) in [6, 6.07) is 12.6. The molecule has 2 aromatic rings. The second-order valence-electron chi connectivity index (χ2n) is 5.34. The van der Waals surface area contributed by atoms with Crippen molar-refractivity contribution in [2.24, 2.45) is 0 Å². The summed E-state index contributed by atoms with van der Waals surface area (Å²) in [6.45, 7) is 5.43. The highest BCUT2D eigenvalue weighted by Gasteiger charge is 2.21. The predicted molar refractivity (Wildman–Crippen MR) is 87.6 cm³/mol. The second kappa shape index (κ2) is 6.50. The Kier molecular flexibility index (Phi) is 4.88. The van der Waals surface area contributed by atoms with E-state index < -0.39 is 10.0 Å². The maximum atomic E-state index is 12.6. The lowest BCUT2D eigenvalue weighted by Gasteiger charge is -2.17. The van der Waals surface area contributed by atoms with Crippen molar-refractivity contribution in [3.63, 3.8) is 0 Å². The van der Waals surface area contributed by atoms with Crippen LogP contribution in [0, 0.1) is 13.8 Å². The lowest BCUT2D eigenvalue weighted by molar-refractivity contribution is 0.411. The third-order valence-electron chi connectivity index (χ3n) is 3.61. The fraction of sp³-hybridized carbons (Fsp3) is 0.294. The molecule has 1 atom stereocenters. The first-order chi connectivity index (χ1) is 10.3. The Balaban J connectivity index is 2.33. The van der Waals surface area contributed by atoms with Crippen LogP contribution in [0.2, 0.25) is 0 Å². The van der Waals surface area contributed by atoms with E-state index in [1.807, 2.05) is 44.2 Å². The highest BCUT2D eigenvalue weighted by molar-refractivity contribution is 7.89. The molecule has 0 heterocycles. The number of hydrogen-bond donors (Lipinski definition) is 1. The topological polar surface area (TPSA) is 55.4 Å². The van der Waals surface area contributed by atoms with Gasteiger partial charge in [-0.3, -0.25) is 0 Å². The maximum Gasteiger partial charge on any atom is 0.241 e. The highest BCUT2D eigenvalue weighted by Crippen LogP contribution is 2.26. The van der Waals surface area contributed by atoms with Crippen LogP contribution in [0.15, 0.2) is 47.4 Å². The van der Waals surface area contributed by atoms with E-state index in [1.54, 1.807) is 26.2 Å². The van der Waals surface area contributed by atoms with Gasteiger partial charge in [-0.2, -0.15) is 0 Å². The van der Waals surface area contributed by atoms with Gasteiger partial charge in [-0.25, -0.2) is 13.1 Å². The maximum absolute atomic E-state index is 12.6. The molecule has 0 aliphatic carbocycles. The standard InChI is InChI=1S/C17H21NO3S/c1-12-11-17(13(2)10-16(12)21-4)22(19,20)18-14(3)15-8-6-5-7-9-15/h5-11,14,18H,1-4H3. The van der Waals surface area contributed by atoms with Crippen LogP contribution in [0.5, 0.6) is 5.75 Å². The van der Waals surface area contributed by atoms with Crippen molar-refractivity contribution in [3.05, 3.63) is 59.2 Å². The Morgan fingerprint density at radius 2 is 1.68 bits per heavy atom. The molecule has 0 spiro atoms. The SMILES string of the molecule is COc1cc(C)c(S(=O)(=O)NC(C)c2ccccc2)cc1C. The van der Waals surface area contributed by atoms with Crippen molar-refractivity contribution in [1.29, 1.82) is 0 Å². The third-order valence-corrected chi connectivity index (χ3v) is 5.30. The summed E-state index contributed by atoms with van der Waals surface area (Å²) in [4.78, 5) is 0.286. The van der Waals surface area contributed by atoms with E-state index >= 15 is 0 Å². The minimum atomic E-state index is -3.59. The molecule has 4 nitrogen and oxygen atoms in total. The van der Waals surface area contributed by atoms with E-state index in [4.69, 9.17) is 4.74 Å². The Labute approximate surface area is 132 Å². The Morgan fingerprint density at radius 1 is 1.05 bits per heavy atom. The summed E-state index contributed by atoms with van der Waals surface area (Å²) in [5.74, 6) is 0.688. The largest absolute Gasteiger partial charge is 0.496 e. The van der Waals surface area contributed by atoms with E-state index in [2.05, 4.69) is 4.72 Å². The van der Waals surface area contributed by atoms with Gasteiger partial charge in [0.05, 0.1) is 12.0 Å². The molecule has 1 N–H and O–H groups in total. The molecule has 0 fully saturated rings. The van der Waals surface area contributed by atoms with Crippen LogP contribution < -0.4 is 9.46 Å². The van der Waals surface area contributed by atoms with E-state index in [0.717, 1.165) is 11.1 Å². The van der Waals surface area contributed by atoms with Crippen molar-refractivity contribution >= 4 is 10.0 Å². The van der Waals surface area contributed by atoms with Crippen LogP contribution in [0.4, 0.5) is 0 Å². The quantitative estimate of drug-likeness (QED) is 0.919. The number of methoxy groups -OCH3 is 1. The number of sulfonamides is 1. The zero-order chi connectivity index (χ0) is 16.3. The molecular formula is C17H21NO3S. The molecule has 5 heteroatoms. The third kappa shape index (κ3) is 3.48. The first-order valence-corrected chi connectivity index (χ1v) is 8.56. The molecule has 118 valence electrons. The molecule has 0 aliphatic rings. The molecule has 0 saturated heterocycles. The molecule has 22 heavy (non-hydrogen) atoms. The monoisotopic (exact) mass is 319 g/mol. The van der Waals surface area contributed by atoms with Crippen molar-refractivity contribution in [2.45, 2.75) is 31.7 Å². The average molecular weight is 319 g/mol. The molecule has 0 aliphatic heterocycles. The van der Waals surface area contributed by atoms with E-state index in [9.17, 15) is 8.42 Å². The molecule has 0 bridgehead atoms. The summed E-state index contributed by atoms with van der Waals surface area (Å²) < 4.78 is 33.2. The normalized spacial score (nSPS) is 12.9. The first kappa shape index (κ1) is 16.5. The molecule has 1 unspecified atom stereocenters. The summed E-state index contributed by atoms with van der Waals surface area (Å²) >= 11 is 0. The number of rotatable bonds is 5. The molecule has 0 saturated carbocycles. The summed E-state index contributed by atoms with van der Waals surface area (Å²) in [5.41, 5.74) is 2.38. The minimum Gasteiger partial charge on any atom is -0.496 e. The smallest absolute Gasteiger partial charge is 0.241 e.